The quantitative estimate of drug-likeness (QED) is 0.723. The molecule has 5 heteroatoms. The molecule has 1 aromatic rings. The SMILES string of the molecule is O=C1CS(=O)(=O)C(c2ccccc2)N1. The van der Waals surface area contributed by atoms with Crippen LogP contribution in [0.25, 0.3) is 0 Å². The maximum atomic E-state index is 11.5. The molecule has 14 heavy (non-hydrogen) atoms. The van der Waals surface area contributed by atoms with Gasteiger partial charge in [-0.2, -0.15) is 0 Å². The zero-order valence-corrected chi connectivity index (χ0v) is 8.12. The molecule has 4 nitrogen and oxygen atoms in total. The van der Waals surface area contributed by atoms with Crippen LogP contribution in [-0.4, -0.2) is 20.1 Å². The second kappa shape index (κ2) is 3.09. The van der Waals surface area contributed by atoms with E-state index >= 15 is 0 Å². The first-order valence-electron chi connectivity index (χ1n) is 4.15. The van der Waals surface area contributed by atoms with Crippen molar-refractivity contribution in [2.24, 2.45) is 0 Å². The average Bonchev–Trinajstić information content (AvgIpc) is 2.41. The van der Waals surface area contributed by atoms with Crippen molar-refractivity contribution in [3.8, 4) is 0 Å². The van der Waals surface area contributed by atoms with E-state index in [0.717, 1.165) is 0 Å². The Morgan fingerprint density at radius 2 is 1.86 bits per heavy atom. The van der Waals surface area contributed by atoms with Gasteiger partial charge >= 0.3 is 0 Å². The minimum atomic E-state index is -3.35. The lowest BCUT2D eigenvalue weighted by atomic mass is 10.2. The van der Waals surface area contributed by atoms with Gasteiger partial charge in [0.2, 0.25) is 5.91 Å². The van der Waals surface area contributed by atoms with Crippen LogP contribution < -0.4 is 5.32 Å². The van der Waals surface area contributed by atoms with Gasteiger partial charge in [0.15, 0.2) is 15.2 Å². The molecule has 0 spiro atoms. The smallest absolute Gasteiger partial charge is 0.236 e. The lowest BCUT2D eigenvalue weighted by Crippen LogP contribution is -2.20. The van der Waals surface area contributed by atoms with E-state index in [9.17, 15) is 13.2 Å². The van der Waals surface area contributed by atoms with E-state index in [4.69, 9.17) is 0 Å². The van der Waals surface area contributed by atoms with Crippen molar-refractivity contribution in [1.29, 1.82) is 0 Å². The highest BCUT2D eigenvalue weighted by molar-refractivity contribution is 7.92. The van der Waals surface area contributed by atoms with Crippen LogP contribution in [0.5, 0.6) is 0 Å². The van der Waals surface area contributed by atoms with Crippen molar-refractivity contribution in [2.75, 3.05) is 5.75 Å². The molecule has 0 aromatic heterocycles. The molecule has 1 heterocycles. The number of carbonyl (C=O) groups excluding carboxylic acids is 1. The lowest BCUT2D eigenvalue weighted by molar-refractivity contribution is -0.118. The Morgan fingerprint density at radius 1 is 1.21 bits per heavy atom. The van der Waals surface area contributed by atoms with Crippen LogP contribution in [0.3, 0.4) is 0 Å². The Hall–Kier alpha value is -1.36. The molecule has 1 atom stereocenters. The van der Waals surface area contributed by atoms with E-state index in [1.54, 1.807) is 30.3 Å². The zero-order valence-electron chi connectivity index (χ0n) is 7.30. The number of hydrogen-bond donors (Lipinski definition) is 1. The van der Waals surface area contributed by atoms with Crippen molar-refractivity contribution in [3.63, 3.8) is 0 Å². The van der Waals surface area contributed by atoms with Crippen molar-refractivity contribution in [3.05, 3.63) is 35.9 Å². The fourth-order valence-corrected chi connectivity index (χ4v) is 2.96. The molecule has 1 aromatic carbocycles. The molecule has 74 valence electrons. The van der Waals surface area contributed by atoms with Gasteiger partial charge in [-0.15, -0.1) is 0 Å². The number of hydrogen-bond acceptors (Lipinski definition) is 3. The Balaban J connectivity index is 2.42. The molecule has 1 aliphatic rings. The predicted octanol–water partition coefficient (Wildman–Crippen LogP) is 0.230. The van der Waals surface area contributed by atoms with Gasteiger partial charge in [-0.3, -0.25) is 4.79 Å². The number of benzene rings is 1. The molecule has 0 saturated carbocycles. The van der Waals surface area contributed by atoms with Gasteiger partial charge in [0.05, 0.1) is 0 Å². The molecule has 1 fully saturated rings. The molecule has 2 rings (SSSR count). The minimum Gasteiger partial charge on any atom is -0.335 e. The maximum Gasteiger partial charge on any atom is 0.236 e. The largest absolute Gasteiger partial charge is 0.335 e. The van der Waals surface area contributed by atoms with Gasteiger partial charge in [-0.05, 0) is 5.56 Å². The summed E-state index contributed by atoms with van der Waals surface area (Å²) in [5, 5.41) is 1.57. The van der Waals surface area contributed by atoms with Gasteiger partial charge < -0.3 is 5.32 Å². The summed E-state index contributed by atoms with van der Waals surface area (Å²) in [7, 11) is -3.35. The first-order chi connectivity index (χ1) is 6.59. The van der Waals surface area contributed by atoms with E-state index < -0.39 is 26.9 Å². The van der Waals surface area contributed by atoms with Crippen LogP contribution >= 0.6 is 0 Å². The number of carbonyl (C=O) groups is 1. The van der Waals surface area contributed by atoms with Crippen LogP contribution in [0.2, 0.25) is 0 Å². The van der Waals surface area contributed by atoms with Gasteiger partial charge in [-0.25, -0.2) is 8.42 Å². The Bertz CT molecular complexity index is 452. The molecule has 0 radical (unpaired) electrons. The molecular formula is C9H9NO3S. The second-order valence-corrected chi connectivity index (χ2v) is 5.25. The van der Waals surface area contributed by atoms with Gasteiger partial charge in [0.1, 0.15) is 5.75 Å². The van der Waals surface area contributed by atoms with E-state index in [2.05, 4.69) is 5.32 Å². The molecular weight excluding hydrogens is 202 g/mol. The summed E-state index contributed by atoms with van der Waals surface area (Å²) < 4.78 is 23.0. The lowest BCUT2D eigenvalue weighted by Gasteiger charge is -2.08. The van der Waals surface area contributed by atoms with Crippen molar-refractivity contribution in [2.45, 2.75) is 5.37 Å². The summed E-state index contributed by atoms with van der Waals surface area (Å²) in [5.41, 5.74) is 0.610. The van der Waals surface area contributed by atoms with Crippen LogP contribution in [0, 0.1) is 0 Å². The topological polar surface area (TPSA) is 63.2 Å². The van der Waals surface area contributed by atoms with Crippen LogP contribution in [0.4, 0.5) is 0 Å². The van der Waals surface area contributed by atoms with E-state index in [1.807, 2.05) is 0 Å². The second-order valence-electron chi connectivity index (χ2n) is 3.17. The van der Waals surface area contributed by atoms with E-state index in [-0.39, 0.29) is 0 Å². The van der Waals surface area contributed by atoms with E-state index in [1.165, 1.54) is 0 Å². The summed E-state index contributed by atoms with van der Waals surface area (Å²) in [4.78, 5) is 11.0. The zero-order chi connectivity index (χ0) is 10.2. The normalized spacial score (nSPS) is 24.6. The van der Waals surface area contributed by atoms with Gasteiger partial charge in [-0.1, -0.05) is 30.3 Å². The first-order valence-corrected chi connectivity index (χ1v) is 5.87. The Morgan fingerprint density at radius 3 is 2.36 bits per heavy atom. The summed E-state index contributed by atoms with van der Waals surface area (Å²) in [5.74, 6) is -0.842. The van der Waals surface area contributed by atoms with Gasteiger partial charge in [0, 0.05) is 0 Å². The molecule has 1 saturated heterocycles. The third-order valence-electron chi connectivity index (χ3n) is 2.09. The summed E-state index contributed by atoms with van der Waals surface area (Å²) in [6.07, 6.45) is 0. The summed E-state index contributed by atoms with van der Waals surface area (Å²) in [6.45, 7) is 0. The molecule has 1 N–H and O–H groups in total. The standard InChI is InChI=1S/C9H9NO3S/c11-8-6-14(12,13)9(10-8)7-4-2-1-3-5-7/h1-5,9H,6H2,(H,10,11). The van der Waals surface area contributed by atoms with Crippen LogP contribution in [0.15, 0.2) is 30.3 Å². The molecule has 1 aliphatic heterocycles. The molecule has 1 amide bonds. The highest BCUT2D eigenvalue weighted by Gasteiger charge is 2.37. The minimum absolute atomic E-state index is 0.410. The fraction of sp³-hybridized carbons (Fsp3) is 0.222. The summed E-state index contributed by atoms with van der Waals surface area (Å²) >= 11 is 0. The van der Waals surface area contributed by atoms with Crippen molar-refractivity contribution < 1.29 is 13.2 Å². The highest BCUT2D eigenvalue weighted by atomic mass is 32.2. The molecule has 0 bridgehead atoms. The Kier molecular flexibility index (Phi) is 2.03. The number of nitrogens with one attached hydrogen (secondary N) is 1. The van der Waals surface area contributed by atoms with Crippen LogP contribution in [0.1, 0.15) is 10.9 Å². The predicted molar refractivity (Wildman–Crippen MR) is 51.1 cm³/mol. The average molecular weight is 211 g/mol. The van der Waals surface area contributed by atoms with E-state index in [0.29, 0.717) is 5.56 Å². The van der Waals surface area contributed by atoms with Crippen molar-refractivity contribution >= 4 is 15.7 Å². The first kappa shape index (κ1) is 9.21. The van der Waals surface area contributed by atoms with Crippen molar-refractivity contribution in [1.82, 2.24) is 5.32 Å². The molecule has 1 unspecified atom stereocenters. The van der Waals surface area contributed by atoms with Gasteiger partial charge in [0.25, 0.3) is 0 Å². The number of sulfone groups is 1. The number of amides is 1. The molecule has 0 aliphatic carbocycles. The third kappa shape index (κ3) is 1.50. The third-order valence-corrected chi connectivity index (χ3v) is 3.86. The van der Waals surface area contributed by atoms with Crippen LogP contribution in [-0.2, 0) is 14.6 Å². The number of rotatable bonds is 1. The monoisotopic (exact) mass is 211 g/mol. The fourth-order valence-electron chi connectivity index (χ4n) is 1.46. The maximum absolute atomic E-state index is 11.5. The highest BCUT2D eigenvalue weighted by Crippen LogP contribution is 2.24. The Labute approximate surface area is 81.9 Å². The summed E-state index contributed by atoms with van der Waals surface area (Å²) in [6, 6.07) is 8.67.